The van der Waals surface area contributed by atoms with E-state index in [-0.39, 0.29) is 30.0 Å². The Morgan fingerprint density at radius 2 is 1.56 bits per heavy atom. The number of ether oxygens (including phenoxy) is 6. The fraction of sp³-hybridized carbons (Fsp3) is 0.750. The first-order valence-electron chi connectivity index (χ1n) is 11.7. The van der Waals surface area contributed by atoms with Gasteiger partial charge in [-0.05, 0) is 49.7 Å². The second-order valence-corrected chi connectivity index (χ2v) is 9.82. The summed E-state index contributed by atoms with van der Waals surface area (Å²) in [6.07, 6.45) is 1.80. The van der Waals surface area contributed by atoms with Gasteiger partial charge in [-0.1, -0.05) is 6.92 Å². The van der Waals surface area contributed by atoms with E-state index in [1.54, 1.807) is 6.08 Å². The van der Waals surface area contributed by atoms with Crippen LogP contribution in [0, 0.1) is 23.2 Å². The van der Waals surface area contributed by atoms with Gasteiger partial charge in [0.25, 0.3) is 0 Å². The predicted octanol–water partition coefficient (Wildman–Crippen LogP) is 3.95. The summed E-state index contributed by atoms with van der Waals surface area (Å²) >= 11 is 0. The van der Waals surface area contributed by atoms with Gasteiger partial charge in [0.1, 0.15) is 23.6 Å². The van der Waals surface area contributed by atoms with Crippen LogP contribution in [0.25, 0.3) is 0 Å². The van der Waals surface area contributed by atoms with Crippen LogP contribution in [0.4, 0.5) is 14.4 Å². The highest BCUT2D eigenvalue weighted by Crippen LogP contribution is 2.62. The third-order valence-corrected chi connectivity index (χ3v) is 8.47. The van der Waals surface area contributed by atoms with Gasteiger partial charge >= 0.3 is 18.5 Å². The molecule has 0 aromatic heterocycles. The number of fused-ring (bicyclic) bond motifs is 5. The van der Waals surface area contributed by atoms with Crippen LogP contribution in [0.1, 0.15) is 51.9 Å². The minimum Gasteiger partial charge on any atom is -0.438 e. The predicted molar refractivity (Wildman–Crippen MR) is 115 cm³/mol. The van der Waals surface area contributed by atoms with E-state index in [1.807, 2.05) is 6.92 Å². The molecule has 0 aromatic rings. The highest BCUT2D eigenvalue weighted by molar-refractivity contribution is 5.87. The summed E-state index contributed by atoms with van der Waals surface area (Å²) in [7, 11) is 3.74. The summed E-state index contributed by atoms with van der Waals surface area (Å²) in [6, 6.07) is 0. The van der Waals surface area contributed by atoms with E-state index < -0.39 is 41.7 Å². The van der Waals surface area contributed by atoms with Crippen molar-refractivity contribution in [1.82, 2.24) is 0 Å². The van der Waals surface area contributed by atoms with Gasteiger partial charge in [0.15, 0.2) is 0 Å². The van der Waals surface area contributed by atoms with Gasteiger partial charge in [-0.15, -0.1) is 0 Å². The van der Waals surface area contributed by atoms with Crippen molar-refractivity contribution < 1.29 is 47.6 Å². The van der Waals surface area contributed by atoms with Gasteiger partial charge < -0.3 is 28.4 Å². The molecule has 3 fully saturated rings. The molecule has 0 amide bonds. The SMILES string of the molecule is COC(=O)OC1CCC2(OC(=O)OC)C(=CC(OC(=O)OC)C3C4CCC(=O)C4(C)CCC32)C1. The van der Waals surface area contributed by atoms with Crippen molar-refractivity contribution in [1.29, 1.82) is 0 Å². The number of Topliss-reactive ketones (excluding diaryl/α,β-unsaturated/α-hetero) is 1. The van der Waals surface area contributed by atoms with Crippen LogP contribution in [0.15, 0.2) is 11.6 Å². The third kappa shape index (κ3) is 3.90. The molecule has 0 N–H and O–H groups in total. The van der Waals surface area contributed by atoms with Crippen molar-refractivity contribution in [3.63, 3.8) is 0 Å². The summed E-state index contributed by atoms with van der Waals surface area (Å²) in [5.74, 6) is -0.255. The first kappa shape index (κ1) is 24.3. The lowest BCUT2D eigenvalue weighted by Gasteiger charge is -2.57. The van der Waals surface area contributed by atoms with Crippen LogP contribution in [-0.2, 0) is 33.2 Å². The quantitative estimate of drug-likeness (QED) is 0.333. The van der Waals surface area contributed by atoms with Crippen molar-refractivity contribution in [2.45, 2.75) is 69.7 Å². The molecule has 3 saturated carbocycles. The Balaban J connectivity index is 1.77. The number of ketones is 1. The zero-order valence-corrected chi connectivity index (χ0v) is 20.0. The molecule has 34 heavy (non-hydrogen) atoms. The zero-order chi connectivity index (χ0) is 24.7. The molecule has 10 nitrogen and oxygen atoms in total. The molecule has 0 bridgehead atoms. The van der Waals surface area contributed by atoms with Gasteiger partial charge in [0.2, 0.25) is 0 Å². The van der Waals surface area contributed by atoms with E-state index in [1.165, 1.54) is 21.3 Å². The molecule has 0 aliphatic heterocycles. The van der Waals surface area contributed by atoms with Gasteiger partial charge in [-0.2, -0.15) is 0 Å². The monoisotopic (exact) mass is 480 g/mol. The van der Waals surface area contributed by atoms with E-state index >= 15 is 0 Å². The third-order valence-electron chi connectivity index (χ3n) is 8.47. The number of rotatable bonds is 3. The number of carbonyl (C=O) groups is 4. The second kappa shape index (κ2) is 9.11. The number of hydrogen-bond acceptors (Lipinski definition) is 10. The van der Waals surface area contributed by atoms with Gasteiger partial charge in [0, 0.05) is 30.1 Å². The zero-order valence-electron chi connectivity index (χ0n) is 20.0. The van der Waals surface area contributed by atoms with E-state index in [0.29, 0.717) is 44.1 Å². The smallest absolute Gasteiger partial charge is 0.438 e. The topological polar surface area (TPSA) is 124 Å². The van der Waals surface area contributed by atoms with Crippen molar-refractivity contribution in [2.24, 2.45) is 23.2 Å². The van der Waals surface area contributed by atoms with Gasteiger partial charge in [-0.3, -0.25) is 4.79 Å². The minimum atomic E-state index is -1.00. The summed E-state index contributed by atoms with van der Waals surface area (Å²) in [4.78, 5) is 49.2. The van der Waals surface area contributed by atoms with Crippen molar-refractivity contribution in [2.75, 3.05) is 21.3 Å². The van der Waals surface area contributed by atoms with E-state index in [0.717, 1.165) is 0 Å². The molecule has 188 valence electrons. The highest BCUT2D eigenvalue weighted by Gasteiger charge is 2.64. The summed E-state index contributed by atoms with van der Waals surface area (Å²) < 4.78 is 31.4. The summed E-state index contributed by atoms with van der Waals surface area (Å²) in [5, 5.41) is 0. The van der Waals surface area contributed by atoms with Crippen LogP contribution in [0.5, 0.6) is 0 Å². The Morgan fingerprint density at radius 1 is 0.882 bits per heavy atom. The lowest BCUT2D eigenvalue weighted by atomic mass is 9.50. The molecule has 0 aromatic carbocycles. The van der Waals surface area contributed by atoms with E-state index in [4.69, 9.17) is 23.7 Å². The number of carbonyl (C=O) groups excluding carboxylic acids is 4. The van der Waals surface area contributed by atoms with Gasteiger partial charge in [0.05, 0.1) is 21.3 Å². The molecule has 4 rings (SSSR count). The molecule has 0 radical (unpaired) electrons. The minimum absolute atomic E-state index is 0.0339. The molecule has 7 atom stereocenters. The van der Waals surface area contributed by atoms with Crippen LogP contribution < -0.4 is 0 Å². The molecule has 0 heterocycles. The van der Waals surface area contributed by atoms with Crippen molar-refractivity contribution in [3.05, 3.63) is 11.6 Å². The molecule has 4 aliphatic carbocycles. The maximum absolute atomic E-state index is 12.8. The Bertz CT molecular complexity index is 896. The average Bonchev–Trinajstić information content (AvgIpc) is 3.13. The fourth-order valence-corrected chi connectivity index (χ4v) is 6.91. The van der Waals surface area contributed by atoms with Crippen LogP contribution in [-0.4, -0.2) is 63.4 Å². The first-order valence-corrected chi connectivity index (χ1v) is 11.7. The molecular weight excluding hydrogens is 448 g/mol. The van der Waals surface area contributed by atoms with Crippen molar-refractivity contribution in [3.8, 4) is 0 Å². The normalized spacial score (nSPS) is 38.3. The second-order valence-electron chi connectivity index (χ2n) is 9.82. The number of hydrogen-bond donors (Lipinski definition) is 0. The molecular formula is C24H32O10. The highest BCUT2D eigenvalue weighted by atomic mass is 16.7. The van der Waals surface area contributed by atoms with Crippen LogP contribution >= 0.6 is 0 Å². The lowest BCUT2D eigenvalue weighted by molar-refractivity contribution is -0.154. The maximum atomic E-state index is 12.8. The van der Waals surface area contributed by atoms with Crippen LogP contribution in [0.2, 0.25) is 0 Å². The first-order chi connectivity index (χ1) is 16.2. The lowest BCUT2D eigenvalue weighted by Crippen LogP contribution is -2.61. The van der Waals surface area contributed by atoms with E-state index in [2.05, 4.69) is 4.74 Å². The molecule has 7 unspecified atom stereocenters. The van der Waals surface area contributed by atoms with Crippen molar-refractivity contribution >= 4 is 24.2 Å². The summed E-state index contributed by atoms with van der Waals surface area (Å²) in [5.41, 5.74) is -0.806. The van der Waals surface area contributed by atoms with Crippen LogP contribution in [0.3, 0.4) is 0 Å². The Hall–Kier alpha value is -2.78. The maximum Gasteiger partial charge on any atom is 0.508 e. The molecule has 0 saturated heterocycles. The van der Waals surface area contributed by atoms with Gasteiger partial charge in [-0.25, -0.2) is 14.4 Å². The summed E-state index contributed by atoms with van der Waals surface area (Å²) in [6.45, 7) is 1.99. The average molecular weight is 481 g/mol. The van der Waals surface area contributed by atoms with E-state index in [9.17, 15) is 19.2 Å². The molecule has 0 spiro atoms. The Labute approximate surface area is 198 Å². The standard InChI is InChI=1S/C24H32O10/c1-23-9-8-16-19(15(23)5-6-18(23)25)17(33-21(27)30-3)12-13-11-14(32-20(26)29-2)7-10-24(13,16)34-22(28)31-4/h12,14-17,19H,5-11H2,1-4H3. The largest absolute Gasteiger partial charge is 0.508 e. The Morgan fingerprint density at radius 3 is 2.24 bits per heavy atom. The Kier molecular flexibility index (Phi) is 6.52. The molecule has 10 heteroatoms. The molecule has 4 aliphatic rings. The fourth-order valence-electron chi connectivity index (χ4n) is 6.91. The number of methoxy groups -OCH3 is 3.